The Morgan fingerprint density at radius 1 is 0.792 bits per heavy atom. The van der Waals surface area contributed by atoms with Crippen LogP contribution in [0.25, 0.3) is 6.08 Å². The molecule has 132 valence electrons. The second kappa shape index (κ2) is 5.41. The summed E-state index contributed by atoms with van der Waals surface area (Å²) in [5, 5.41) is 0. The van der Waals surface area contributed by atoms with Crippen LogP contribution >= 0.6 is 0 Å². The zero-order valence-electron chi connectivity index (χ0n) is 17.1. The third kappa shape index (κ3) is 2.40. The van der Waals surface area contributed by atoms with E-state index in [9.17, 15) is 0 Å². The first-order valence-corrected chi connectivity index (χ1v) is 21.6. The fourth-order valence-corrected chi connectivity index (χ4v) is 50.4. The molecule has 0 nitrogen and oxygen atoms in total. The predicted molar refractivity (Wildman–Crippen MR) is 120 cm³/mol. The number of fused-ring (bicyclic) bond motifs is 3. The average Bonchev–Trinajstić information content (AvgIpc) is 3.09. The second-order valence-electron chi connectivity index (χ2n) is 10.9. The molecule has 3 rings (SSSR count). The zero-order chi connectivity index (χ0) is 18.1. The molecule has 0 aromatic heterocycles. The molecule has 1 fully saturated rings. The van der Waals surface area contributed by atoms with Gasteiger partial charge in [0.1, 0.15) is 0 Å². The Bertz CT molecular complexity index is 634. The lowest BCUT2D eigenvalue weighted by Crippen LogP contribution is -2.69. The maximum Gasteiger partial charge on any atom is 0.0126 e. The standard InChI is InChI=1S/C20H35Si4/c1-22(2,3)20(23(4,5)6,24(7,8)9)21-18-15-14-16-12-10-11-13-17(16)19(18)21/h10-15,18-19H,1-9H3/q-1. The highest BCUT2D eigenvalue weighted by atomic mass is 28.5. The SMILES string of the molecule is C[Si](C)(C)C([Si-]1C2C=Cc3ccccc3C21)([Si](C)(C)C)[Si](C)(C)C. The first-order valence-electron chi connectivity index (χ1n) is 9.48. The maximum atomic E-state index is 2.71. The van der Waals surface area contributed by atoms with Crippen molar-refractivity contribution in [1.82, 2.24) is 0 Å². The van der Waals surface area contributed by atoms with Gasteiger partial charge in [-0.05, 0) is 5.56 Å². The smallest absolute Gasteiger partial charge is 0.0126 e. The van der Waals surface area contributed by atoms with Crippen molar-refractivity contribution in [2.24, 2.45) is 0 Å². The van der Waals surface area contributed by atoms with Gasteiger partial charge in [0.25, 0.3) is 0 Å². The third-order valence-corrected chi connectivity index (χ3v) is 39.2. The van der Waals surface area contributed by atoms with Crippen LogP contribution in [0, 0.1) is 0 Å². The van der Waals surface area contributed by atoms with Crippen molar-refractivity contribution in [2.45, 2.75) is 73.9 Å². The molecule has 1 heterocycles. The first-order chi connectivity index (χ1) is 10.8. The van der Waals surface area contributed by atoms with E-state index in [0.717, 1.165) is 15.0 Å². The minimum absolute atomic E-state index is 0.384. The summed E-state index contributed by atoms with van der Waals surface area (Å²) in [4.78, 5) is 0. The van der Waals surface area contributed by atoms with Gasteiger partial charge in [-0.15, -0.1) is 6.08 Å². The van der Waals surface area contributed by atoms with E-state index in [2.05, 4.69) is 95.3 Å². The lowest BCUT2D eigenvalue weighted by atomic mass is 9.98. The Morgan fingerprint density at radius 3 is 1.79 bits per heavy atom. The van der Waals surface area contributed by atoms with E-state index in [-0.39, 0.29) is 8.80 Å². The van der Waals surface area contributed by atoms with Gasteiger partial charge in [0.05, 0.1) is 0 Å². The molecule has 0 saturated carbocycles. The van der Waals surface area contributed by atoms with Crippen molar-refractivity contribution in [3.05, 3.63) is 41.5 Å². The summed E-state index contributed by atoms with van der Waals surface area (Å²) in [5.41, 5.74) is 5.02. The van der Waals surface area contributed by atoms with Crippen LogP contribution < -0.4 is 0 Å². The van der Waals surface area contributed by atoms with Gasteiger partial charge in [0.2, 0.25) is 0 Å². The third-order valence-electron chi connectivity index (χ3n) is 6.57. The van der Waals surface area contributed by atoms with Crippen molar-refractivity contribution in [2.75, 3.05) is 0 Å². The molecule has 4 heteroatoms. The minimum atomic E-state index is -1.28. The summed E-state index contributed by atoms with van der Waals surface area (Å²) in [6, 6.07) is 9.25. The van der Waals surface area contributed by atoms with E-state index in [1.165, 1.54) is 5.56 Å². The minimum Gasteiger partial charge on any atom is -0.250 e. The van der Waals surface area contributed by atoms with Gasteiger partial charge < -0.3 is 0 Å². The first kappa shape index (κ1) is 18.6. The van der Waals surface area contributed by atoms with Gasteiger partial charge in [0, 0.05) is 24.2 Å². The molecular formula is C20H35Si4-. The topological polar surface area (TPSA) is 0 Å². The summed E-state index contributed by atoms with van der Waals surface area (Å²) >= 11 is 0. The number of hydrogen-bond donors (Lipinski definition) is 0. The van der Waals surface area contributed by atoms with Crippen LogP contribution in [-0.2, 0) is 0 Å². The Morgan fingerprint density at radius 2 is 1.29 bits per heavy atom. The van der Waals surface area contributed by atoms with Gasteiger partial charge in [0.15, 0.2) is 0 Å². The molecule has 1 saturated heterocycles. The van der Waals surface area contributed by atoms with Crippen molar-refractivity contribution >= 4 is 39.1 Å². The van der Waals surface area contributed by atoms with Crippen molar-refractivity contribution < 1.29 is 0 Å². The molecule has 2 unspecified atom stereocenters. The van der Waals surface area contributed by atoms with Crippen molar-refractivity contribution in [1.29, 1.82) is 0 Å². The summed E-state index contributed by atoms with van der Waals surface area (Å²) in [7, 11) is -4.23. The predicted octanol–water partition coefficient (Wildman–Crippen LogP) is 6.59. The number of benzene rings is 1. The second-order valence-corrected chi connectivity index (χ2v) is 32.6. The summed E-state index contributed by atoms with van der Waals surface area (Å²) in [5.74, 6) is 0. The molecule has 0 bridgehead atoms. The molecule has 24 heavy (non-hydrogen) atoms. The molecule has 2 aliphatic rings. The van der Waals surface area contributed by atoms with Crippen LogP contribution in [0.15, 0.2) is 30.3 Å². The van der Waals surface area contributed by atoms with Gasteiger partial charge in [-0.3, -0.25) is 0 Å². The quantitative estimate of drug-likeness (QED) is 0.511. The van der Waals surface area contributed by atoms with Crippen LogP contribution in [0.1, 0.15) is 16.7 Å². The zero-order valence-corrected chi connectivity index (χ0v) is 21.1. The van der Waals surface area contributed by atoms with Gasteiger partial charge in [-0.25, -0.2) is 8.80 Å². The lowest BCUT2D eigenvalue weighted by molar-refractivity contribution is 1.08. The highest BCUT2D eigenvalue weighted by Crippen LogP contribution is 2.71. The van der Waals surface area contributed by atoms with E-state index in [0.29, 0.717) is 0 Å². The van der Waals surface area contributed by atoms with Crippen LogP contribution in [0.4, 0.5) is 0 Å². The molecule has 0 N–H and O–H groups in total. The Hall–Kier alpha value is -0.172. The highest BCUT2D eigenvalue weighted by Gasteiger charge is 2.62. The Labute approximate surface area is 154 Å². The maximum absolute atomic E-state index is 2.71. The van der Waals surface area contributed by atoms with Crippen LogP contribution in [0.3, 0.4) is 0 Å². The van der Waals surface area contributed by atoms with Crippen LogP contribution in [0.5, 0.6) is 0 Å². The summed E-state index contributed by atoms with van der Waals surface area (Å²) < 4.78 is 0.773. The monoisotopic (exact) mass is 387 g/mol. The van der Waals surface area contributed by atoms with Crippen LogP contribution in [0.2, 0.25) is 68.4 Å². The van der Waals surface area contributed by atoms with Gasteiger partial charge in [-0.2, -0.15) is 15.0 Å². The van der Waals surface area contributed by atoms with Crippen LogP contribution in [-0.4, -0.2) is 33.0 Å². The lowest BCUT2D eigenvalue weighted by Gasteiger charge is -2.68. The van der Waals surface area contributed by atoms with E-state index in [4.69, 9.17) is 0 Å². The summed E-state index contributed by atoms with van der Waals surface area (Å²) in [6.07, 6.45) is 5.06. The molecule has 2 atom stereocenters. The normalized spacial score (nSPS) is 24.5. The Kier molecular flexibility index (Phi) is 4.20. The summed E-state index contributed by atoms with van der Waals surface area (Å²) in [6.45, 7) is 24.4. The Balaban J connectivity index is 2.20. The van der Waals surface area contributed by atoms with E-state index >= 15 is 0 Å². The van der Waals surface area contributed by atoms with E-state index in [1.54, 1.807) is 5.56 Å². The largest absolute Gasteiger partial charge is 0.250 e. The van der Waals surface area contributed by atoms with E-state index in [1.807, 2.05) is 0 Å². The molecule has 1 aromatic carbocycles. The van der Waals surface area contributed by atoms with E-state index < -0.39 is 24.2 Å². The molecule has 0 amide bonds. The van der Waals surface area contributed by atoms with Crippen molar-refractivity contribution in [3.63, 3.8) is 0 Å². The fourth-order valence-electron chi connectivity index (χ4n) is 7.17. The van der Waals surface area contributed by atoms with Gasteiger partial charge in [-0.1, -0.05) is 94.8 Å². The fraction of sp³-hybridized carbons (Fsp3) is 0.600. The molecule has 0 spiro atoms. The highest BCUT2D eigenvalue weighted by molar-refractivity contribution is 7.28. The average molecular weight is 388 g/mol. The molecule has 1 aliphatic heterocycles. The number of rotatable bonds is 4. The molecule has 1 aliphatic carbocycles. The molecule has 1 aromatic rings. The number of hydrogen-bond acceptors (Lipinski definition) is 0. The van der Waals surface area contributed by atoms with Gasteiger partial charge >= 0.3 is 0 Å². The number of allylic oxidation sites excluding steroid dienone is 1. The molecular weight excluding hydrogens is 353 g/mol. The van der Waals surface area contributed by atoms with Crippen molar-refractivity contribution in [3.8, 4) is 0 Å². The molecule has 0 radical (unpaired) electrons.